The highest BCUT2D eigenvalue weighted by Gasteiger charge is 2.05. The fourth-order valence-electron chi connectivity index (χ4n) is 0.817. The Labute approximate surface area is 117 Å². The molecule has 1 nitrogen and oxygen atoms in total. The molecule has 0 aliphatic carbocycles. The van der Waals surface area contributed by atoms with E-state index in [-0.39, 0.29) is 0 Å². The van der Waals surface area contributed by atoms with E-state index in [1.807, 2.05) is 18.2 Å². The fraction of sp³-hybridized carbons (Fsp3) is 0.333. The summed E-state index contributed by atoms with van der Waals surface area (Å²) in [5.74, 6) is 0.860. The van der Waals surface area contributed by atoms with Crippen LogP contribution in [0.2, 0.25) is 0 Å². The topological polar surface area (TPSA) is 9.23 Å². The second-order valence-electron chi connectivity index (χ2n) is 2.64. The van der Waals surface area contributed by atoms with Crippen molar-refractivity contribution in [2.24, 2.45) is 0 Å². The summed E-state index contributed by atoms with van der Waals surface area (Å²) in [6.07, 6.45) is 0. The van der Waals surface area contributed by atoms with Crippen molar-refractivity contribution >= 4 is 63.7 Å². The maximum atomic E-state index is 5.60. The molecule has 1 unspecified atom stereocenters. The van der Waals surface area contributed by atoms with Crippen molar-refractivity contribution in [2.75, 3.05) is 11.9 Å². The molecule has 0 heterocycles. The zero-order valence-electron chi connectivity index (χ0n) is 7.14. The highest BCUT2D eigenvalue weighted by atomic mass is 79.9. The first-order valence-corrected chi connectivity index (χ1v) is 7.53. The monoisotopic (exact) mass is 448 g/mol. The van der Waals surface area contributed by atoms with Crippen LogP contribution in [0.25, 0.3) is 0 Å². The molecule has 0 bridgehead atoms. The lowest BCUT2D eigenvalue weighted by atomic mass is 10.3. The van der Waals surface area contributed by atoms with E-state index in [4.69, 9.17) is 4.74 Å². The van der Waals surface area contributed by atoms with Gasteiger partial charge in [-0.15, -0.1) is 0 Å². The number of alkyl halides is 2. The molecule has 78 valence electrons. The standard InChI is InChI=1S/C9H8Br4O/c10-4-7(12)5-14-9-2-1-6(11)3-8(9)13/h1-3,7H,4-5H2. The third-order valence-corrected chi connectivity index (χ3v) is 4.83. The van der Waals surface area contributed by atoms with Gasteiger partial charge in [-0.1, -0.05) is 47.8 Å². The molecular formula is C9H8Br4O. The van der Waals surface area contributed by atoms with E-state index in [0.29, 0.717) is 11.4 Å². The van der Waals surface area contributed by atoms with E-state index in [1.54, 1.807) is 0 Å². The maximum absolute atomic E-state index is 5.60. The molecule has 0 fully saturated rings. The minimum Gasteiger partial charge on any atom is -0.491 e. The first-order chi connectivity index (χ1) is 6.63. The number of rotatable bonds is 4. The quantitative estimate of drug-likeness (QED) is 0.600. The van der Waals surface area contributed by atoms with Crippen LogP contribution in [0.3, 0.4) is 0 Å². The van der Waals surface area contributed by atoms with Gasteiger partial charge in [0.25, 0.3) is 0 Å². The summed E-state index contributed by atoms with van der Waals surface area (Å²) >= 11 is 13.7. The lowest BCUT2D eigenvalue weighted by molar-refractivity contribution is 0.323. The Bertz CT molecular complexity index is 303. The molecule has 0 saturated heterocycles. The first kappa shape index (κ1) is 13.0. The molecule has 5 heteroatoms. The summed E-state index contributed by atoms with van der Waals surface area (Å²) in [5.41, 5.74) is 0. The molecule has 0 amide bonds. The van der Waals surface area contributed by atoms with Crippen LogP contribution in [0.1, 0.15) is 0 Å². The molecule has 1 aromatic carbocycles. The van der Waals surface area contributed by atoms with Crippen LogP contribution < -0.4 is 4.74 Å². The van der Waals surface area contributed by atoms with E-state index < -0.39 is 0 Å². The summed E-state index contributed by atoms with van der Waals surface area (Å²) in [7, 11) is 0. The van der Waals surface area contributed by atoms with Gasteiger partial charge in [-0.2, -0.15) is 0 Å². The van der Waals surface area contributed by atoms with E-state index >= 15 is 0 Å². The summed E-state index contributed by atoms with van der Waals surface area (Å²) < 4.78 is 7.59. The number of hydrogen-bond acceptors (Lipinski definition) is 1. The Hall–Kier alpha value is 0.940. The predicted octanol–water partition coefficient (Wildman–Crippen LogP) is 4.75. The van der Waals surface area contributed by atoms with Gasteiger partial charge in [0.1, 0.15) is 12.4 Å². The third kappa shape index (κ3) is 4.21. The number of halogens is 4. The van der Waals surface area contributed by atoms with Crippen LogP contribution in [0.5, 0.6) is 5.75 Å². The highest BCUT2D eigenvalue weighted by molar-refractivity contribution is 9.12. The van der Waals surface area contributed by atoms with Gasteiger partial charge < -0.3 is 4.74 Å². The lowest BCUT2D eigenvalue weighted by Crippen LogP contribution is -2.12. The summed E-state index contributed by atoms with van der Waals surface area (Å²) in [6.45, 7) is 0.644. The number of benzene rings is 1. The van der Waals surface area contributed by atoms with Crippen molar-refractivity contribution in [1.82, 2.24) is 0 Å². The Morgan fingerprint density at radius 2 is 2.00 bits per heavy atom. The number of hydrogen-bond donors (Lipinski definition) is 0. The Kier molecular flexibility index (Phi) is 6.05. The van der Waals surface area contributed by atoms with Crippen molar-refractivity contribution in [2.45, 2.75) is 4.83 Å². The zero-order chi connectivity index (χ0) is 10.6. The van der Waals surface area contributed by atoms with Crippen LogP contribution >= 0.6 is 63.7 Å². The maximum Gasteiger partial charge on any atom is 0.133 e. The smallest absolute Gasteiger partial charge is 0.133 e. The zero-order valence-corrected chi connectivity index (χ0v) is 13.5. The summed E-state index contributed by atoms with van der Waals surface area (Å²) in [5, 5.41) is 0.876. The SMILES string of the molecule is BrCC(Br)COc1ccc(Br)cc1Br. The molecule has 0 aliphatic rings. The second-order valence-corrected chi connectivity index (χ2v) is 6.35. The van der Waals surface area contributed by atoms with Gasteiger partial charge in [0.15, 0.2) is 0 Å². The fourth-order valence-corrected chi connectivity index (χ4v) is 2.30. The van der Waals surface area contributed by atoms with Crippen LogP contribution in [0, 0.1) is 0 Å². The molecule has 0 saturated carbocycles. The van der Waals surface area contributed by atoms with Crippen LogP contribution in [-0.4, -0.2) is 16.8 Å². The van der Waals surface area contributed by atoms with Crippen LogP contribution in [-0.2, 0) is 0 Å². The molecule has 1 aromatic rings. The van der Waals surface area contributed by atoms with Crippen molar-refractivity contribution in [3.05, 3.63) is 27.1 Å². The van der Waals surface area contributed by atoms with Gasteiger partial charge in [-0.25, -0.2) is 0 Å². The van der Waals surface area contributed by atoms with Crippen molar-refractivity contribution < 1.29 is 4.74 Å². The van der Waals surface area contributed by atoms with E-state index in [2.05, 4.69) is 63.7 Å². The number of ether oxygens (including phenoxy) is 1. The third-order valence-electron chi connectivity index (χ3n) is 1.48. The second kappa shape index (κ2) is 6.51. The Morgan fingerprint density at radius 3 is 2.57 bits per heavy atom. The summed E-state index contributed by atoms with van der Waals surface area (Å²) in [6, 6.07) is 5.85. The average Bonchev–Trinajstić information content (AvgIpc) is 2.16. The molecule has 14 heavy (non-hydrogen) atoms. The van der Waals surface area contributed by atoms with E-state index in [1.165, 1.54) is 0 Å². The lowest BCUT2D eigenvalue weighted by Gasteiger charge is -2.10. The normalized spacial score (nSPS) is 12.6. The first-order valence-electron chi connectivity index (χ1n) is 3.91. The molecule has 0 aromatic heterocycles. The summed E-state index contributed by atoms with van der Waals surface area (Å²) in [4.78, 5) is 0.332. The molecular weight excluding hydrogens is 444 g/mol. The van der Waals surface area contributed by atoms with Crippen LogP contribution in [0.4, 0.5) is 0 Å². The predicted molar refractivity (Wildman–Crippen MR) is 73.8 cm³/mol. The molecule has 1 rings (SSSR count). The molecule has 1 atom stereocenters. The van der Waals surface area contributed by atoms with Crippen molar-refractivity contribution in [3.8, 4) is 5.75 Å². The molecule has 0 aliphatic heterocycles. The highest BCUT2D eigenvalue weighted by Crippen LogP contribution is 2.28. The average molecular weight is 452 g/mol. The van der Waals surface area contributed by atoms with E-state index in [0.717, 1.165) is 20.0 Å². The van der Waals surface area contributed by atoms with Crippen molar-refractivity contribution in [1.29, 1.82) is 0 Å². The molecule has 0 radical (unpaired) electrons. The van der Waals surface area contributed by atoms with E-state index in [9.17, 15) is 0 Å². The Balaban J connectivity index is 2.59. The van der Waals surface area contributed by atoms with Gasteiger partial charge in [-0.3, -0.25) is 0 Å². The van der Waals surface area contributed by atoms with Crippen LogP contribution in [0.15, 0.2) is 27.1 Å². The van der Waals surface area contributed by atoms with Crippen molar-refractivity contribution in [3.63, 3.8) is 0 Å². The largest absolute Gasteiger partial charge is 0.491 e. The minimum atomic E-state index is 0.332. The van der Waals surface area contributed by atoms with Gasteiger partial charge in [0.2, 0.25) is 0 Å². The minimum absolute atomic E-state index is 0.332. The molecule has 0 spiro atoms. The van der Waals surface area contributed by atoms with Gasteiger partial charge in [0.05, 0.1) is 9.30 Å². The molecule has 0 N–H and O–H groups in total. The van der Waals surface area contributed by atoms with Gasteiger partial charge >= 0.3 is 0 Å². The Morgan fingerprint density at radius 1 is 1.29 bits per heavy atom. The van der Waals surface area contributed by atoms with Gasteiger partial charge in [0, 0.05) is 9.80 Å². The van der Waals surface area contributed by atoms with Gasteiger partial charge in [-0.05, 0) is 34.1 Å².